The van der Waals surface area contributed by atoms with Crippen molar-refractivity contribution in [1.82, 2.24) is 15.1 Å². The van der Waals surface area contributed by atoms with Crippen LogP contribution in [0.5, 0.6) is 5.19 Å². The lowest BCUT2D eigenvalue weighted by atomic mass is 10.0. The van der Waals surface area contributed by atoms with Gasteiger partial charge in [0.05, 0.1) is 26.4 Å². The predicted octanol–water partition coefficient (Wildman–Crippen LogP) is 1.83. The molecule has 1 aromatic heterocycles. The summed E-state index contributed by atoms with van der Waals surface area (Å²) in [6.07, 6.45) is 0.923. The summed E-state index contributed by atoms with van der Waals surface area (Å²) >= 11 is 1.21. The number of methoxy groups -OCH3 is 1. The summed E-state index contributed by atoms with van der Waals surface area (Å²) in [6, 6.07) is -0.0451. The second-order valence-corrected chi connectivity index (χ2v) is 6.00. The maximum Gasteiger partial charge on any atom is 0.324 e. The van der Waals surface area contributed by atoms with Crippen molar-refractivity contribution in [3.8, 4) is 5.19 Å². The highest BCUT2D eigenvalue weighted by Gasteiger charge is 2.28. The molecule has 1 fully saturated rings. The third-order valence-electron chi connectivity index (χ3n) is 3.03. The fraction of sp³-hybridized carbons (Fsp3) is 0.750. The zero-order valence-corrected chi connectivity index (χ0v) is 12.8. The van der Waals surface area contributed by atoms with Crippen LogP contribution in [0.1, 0.15) is 20.3 Å². The highest BCUT2D eigenvalue weighted by Crippen LogP contribution is 2.23. The van der Waals surface area contributed by atoms with Crippen molar-refractivity contribution in [3.05, 3.63) is 0 Å². The van der Waals surface area contributed by atoms with Crippen LogP contribution < -0.4 is 10.1 Å². The Morgan fingerprint density at radius 2 is 2.40 bits per heavy atom. The zero-order valence-electron chi connectivity index (χ0n) is 12.0. The number of morpholine rings is 1. The van der Waals surface area contributed by atoms with Gasteiger partial charge in [0.1, 0.15) is 0 Å². The summed E-state index contributed by atoms with van der Waals surface area (Å²) in [4.78, 5) is 14.1. The number of nitrogens with zero attached hydrogens (tertiary/aromatic N) is 3. The molecule has 1 aliphatic rings. The Morgan fingerprint density at radius 3 is 3.05 bits per heavy atom. The number of hydrogen-bond acceptors (Lipinski definition) is 6. The number of carbonyl (C=O) groups is 1. The number of amides is 2. The fourth-order valence-corrected chi connectivity index (χ4v) is 2.72. The molecular formula is C12H20N4O3S. The second kappa shape index (κ2) is 6.85. The van der Waals surface area contributed by atoms with Gasteiger partial charge in [-0.15, -0.1) is 5.10 Å². The van der Waals surface area contributed by atoms with Crippen LogP contribution >= 0.6 is 11.3 Å². The SMILES string of the molecule is COc1nnc(NC(=O)N2CCOC[C@H]2CC(C)C)s1. The standard InChI is InChI=1S/C12H20N4O3S/c1-8(2)6-9-7-19-5-4-16(9)11(17)13-10-14-15-12(18-3)20-10/h8-9H,4-7H2,1-3H3,(H,13,14,17)/t9-/m1/s1. The van der Waals surface area contributed by atoms with Crippen molar-refractivity contribution in [1.29, 1.82) is 0 Å². The first kappa shape index (κ1) is 15.0. The smallest absolute Gasteiger partial charge is 0.324 e. The molecule has 112 valence electrons. The average molecular weight is 300 g/mol. The van der Waals surface area contributed by atoms with Gasteiger partial charge in [0.25, 0.3) is 5.19 Å². The Labute approximate surface area is 122 Å². The van der Waals surface area contributed by atoms with Crippen LogP contribution in [-0.4, -0.2) is 54.0 Å². The first-order chi connectivity index (χ1) is 9.60. The molecule has 0 aromatic carbocycles. The number of carbonyl (C=O) groups excluding carboxylic acids is 1. The number of anilines is 1. The predicted molar refractivity (Wildman–Crippen MR) is 76.2 cm³/mol. The van der Waals surface area contributed by atoms with Crippen molar-refractivity contribution in [2.45, 2.75) is 26.3 Å². The van der Waals surface area contributed by atoms with Gasteiger partial charge in [-0.3, -0.25) is 5.32 Å². The molecule has 7 nitrogen and oxygen atoms in total. The van der Waals surface area contributed by atoms with Gasteiger partial charge in [0.2, 0.25) is 5.13 Å². The summed E-state index contributed by atoms with van der Waals surface area (Å²) < 4.78 is 10.4. The molecule has 2 rings (SSSR count). The van der Waals surface area contributed by atoms with E-state index in [1.807, 2.05) is 4.90 Å². The minimum absolute atomic E-state index is 0.110. The van der Waals surface area contributed by atoms with E-state index in [0.29, 0.717) is 36.0 Å². The van der Waals surface area contributed by atoms with E-state index in [1.54, 1.807) is 0 Å². The lowest BCUT2D eigenvalue weighted by molar-refractivity contribution is 0.00857. The van der Waals surface area contributed by atoms with Gasteiger partial charge >= 0.3 is 6.03 Å². The molecule has 8 heteroatoms. The van der Waals surface area contributed by atoms with Crippen molar-refractivity contribution in [2.75, 3.05) is 32.2 Å². The topological polar surface area (TPSA) is 76.6 Å². The number of nitrogens with one attached hydrogen (secondary N) is 1. The van der Waals surface area contributed by atoms with Gasteiger partial charge in [-0.05, 0) is 23.7 Å². The zero-order chi connectivity index (χ0) is 14.5. The Kier molecular flexibility index (Phi) is 5.13. The van der Waals surface area contributed by atoms with Crippen LogP contribution in [-0.2, 0) is 4.74 Å². The lowest BCUT2D eigenvalue weighted by Gasteiger charge is -2.36. The third-order valence-corrected chi connectivity index (χ3v) is 3.83. The van der Waals surface area contributed by atoms with Crippen molar-refractivity contribution in [2.24, 2.45) is 5.92 Å². The summed E-state index contributed by atoms with van der Waals surface area (Å²) in [7, 11) is 1.52. The Hall–Kier alpha value is -1.41. The number of hydrogen-bond donors (Lipinski definition) is 1. The first-order valence-electron chi connectivity index (χ1n) is 6.63. The molecule has 2 heterocycles. The molecule has 0 unspecified atom stereocenters. The van der Waals surface area contributed by atoms with Gasteiger partial charge in [0, 0.05) is 6.54 Å². The summed E-state index contributed by atoms with van der Waals surface area (Å²) in [6.45, 7) is 6.03. The molecular weight excluding hydrogens is 280 g/mol. The van der Waals surface area contributed by atoms with E-state index in [1.165, 1.54) is 18.4 Å². The monoisotopic (exact) mass is 300 g/mol. The summed E-state index contributed by atoms with van der Waals surface area (Å²) in [5.74, 6) is 0.513. The molecule has 1 atom stereocenters. The van der Waals surface area contributed by atoms with Gasteiger partial charge in [0.15, 0.2) is 0 Å². The largest absolute Gasteiger partial charge is 0.472 e. The van der Waals surface area contributed by atoms with Crippen LogP contribution in [0.25, 0.3) is 0 Å². The molecule has 1 aromatic rings. The van der Waals surface area contributed by atoms with E-state index in [2.05, 4.69) is 29.4 Å². The van der Waals surface area contributed by atoms with E-state index in [4.69, 9.17) is 9.47 Å². The van der Waals surface area contributed by atoms with Crippen LogP contribution in [0.15, 0.2) is 0 Å². The van der Waals surface area contributed by atoms with Crippen molar-refractivity contribution in [3.63, 3.8) is 0 Å². The summed E-state index contributed by atoms with van der Waals surface area (Å²) in [5.41, 5.74) is 0. The Morgan fingerprint density at radius 1 is 1.60 bits per heavy atom. The fourth-order valence-electron chi connectivity index (χ4n) is 2.17. The van der Waals surface area contributed by atoms with E-state index >= 15 is 0 Å². The minimum atomic E-state index is -0.155. The quantitative estimate of drug-likeness (QED) is 0.918. The molecule has 0 saturated carbocycles. The molecule has 20 heavy (non-hydrogen) atoms. The first-order valence-corrected chi connectivity index (χ1v) is 7.44. The highest BCUT2D eigenvalue weighted by molar-refractivity contribution is 7.17. The molecule has 2 amide bonds. The Balaban J connectivity index is 1.98. The molecule has 0 radical (unpaired) electrons. The minimum Gasteiger partial charge on any atom is -0.472 e. The molecule has 1 aliphatic heterocycles. The average Bonchev–Trinajstić information content (AvgIpc) is 2.86. The number of aromatic nitrogens is 2. The lowest BCUT2D eigenvalue weighted by Crippen LogP contribution is -2.50. The maximum absolute atomic E-state index is 12.3. The normalized spacial score (nSPS) is 19.2. The van der Waals surface area contributed by atoms with E-state index in [0.717, 1.165) is 6.42 Å². The van der Waals surface area contributed by atoms with Crippen LogP contribution in [0.4, 0.5) is 9.93 Å². The molecule has 0 bridgehead atoms. The Bertz CT molecular complexity index is 452. The van der Waals surface area contributed by atoms with Gasteiger partial charge < -0.3 is 14.4 Å². The van der Waals surface area contributed by atoms with Crippen LogP contribution in [0, 0.1) is 5.92 Å². The maximum atomic E-state index is 12.3. The molecule has 1 saturated heterocycles. The molecule has 1 N–H and O–H groups in total. The number of ether oxygens (including phenoxy) is 2. The van der Waals surface area contributed by atoms with Gasteiger partial charge in [-0.1, -0.05) is 18.9 Å². The van der Waals surface area contributed by atoms with Crippen molar-refractivity contribution >= 4 is 22.5 Å². The second-order valence-electron chi connectivity index (χ2n) is 5.06. The number of rotatable bonds is 4. The van der Waals surface area contributed by atoms with Crippen LogP contribution in [0.2, 0.25) is 0 Å². The summed E-state index contributed by atoms with van der Waals surface area (Å²) in [5, 5.41) is 11.3. The van der Waals surface area contributed by atoms with Crippen LogP contribution in [0.3, 0.4) is 0 Å². The van der Waals surface area contributed by atoms with E-state index < -0.39 is 0 Å². The van der Waals surface area contributed by atoms with Crippen molar-refractivity contribution < 1.29 is 14.3 Å². The van der Waals surface area contributed by atoms with Gasteiger partial charge in [-0.2, -0.15) is 0 Å². The van der Waals surface area contributed by atoms with Gasteiger partial charge in [-0.25, -0.2) is 4.79 Å². The third kappa shape index (κ3) is 3.80. The molecule has 0 spiro atoms. The van der Waals surface area contributed by atoms with E-state index in [-0.39, 0.29) is 12.1 Å². The van der Waals surface area contributed by atoms with E-state index in [9.17, 15) is 4.79 Å². The highest BCUT2D eigenvalue weighted by atomic mass is 32.1. The number of urea groups is 1. The molecule has 0 aliphatic carbocycles.